The quantitative estimate of drug-likeness (QED) is 0.592. The summed E-state index contributed by atoms with van der Waals surface area (Å²) in [5, 5.41) is 18.3. The van der Waals surface area contributed by atoms with Crippen molar-refractivity contribution in [1.29, 1.82) is 0 Å². The molecule has 0 saturated heterocycles. The van der Waals surface area contributed by atoms with E-state index < -0.39 is 0 Å². The Hall–Kier alpha value is -2.07. The summed E-state index contributed by atoms with van der Waals surface area (Å²) in [5.41, 5.74) is 1.88. The third-order valence-electron chi connectivity index (χ3n) is 2.70. The molecule has 0 aliphatic carbocycles. The number of phenols is 1. The lowest BCUT2D eigenvalue weighted by Crippen LogP contribution is -2.29. The minimum absolute atomic E-state index is 0.266. The van der Waals surface area contributed by atoms with E-state index in [1.54, 1.807) is 6.07 Å². The molecule has 2 aromatic rings. The van der Waals surface area contributed by atoms with Gasteiger partial charge >= 0.3 is 0 Å². The summed E-state index contributed by atoms with van der Waals surface area (Å²) >= 11 is 5.22. The number of phenolic OH excluding ortho intramolecular Hbond substituents is 1. The molecule has 2 aromatic carbocycles. The molecule has 0 aromatic heterocycles. The van der Waals surface area contributed by atoms with Crippen molar-refractivity contribution in [2.45, 2.75) is 6.92 Å². The van der Waals surface area contributed by atoms with Gasteiger partial charge in [-0.25, -0.2) is 0 Å². The smallest absolute Gasteiger partial charge is 0.171 e. The first-order chi connectivity index (χ1) is 9.08. The fourth-order valence-corrected chi connectivity index (χ4v) is 1.98. The molecular weight excluding hydrogens is 256 g/mol. The molecule has 4 heteroatoms. The van der Waals surface area contributed by atoms with E-state index in [4.69, 9.17) is 12.2 Å². The van der Waals surface area contributed by atoms with Crippen molar-refractivity contribution in [3.63, 3.8) is 0 Å². The summed E-state index contributed by atoms with van der Waals surface area (Å²) < 4.78 is 0. The van der Waals surface area contributed by atoms with Crippen molar-refractivity contribution in [2.75, 3.05) is 11.9 Å². The molecule has 0 radical (unpaired) electrons. The summed E-state index contributed by atoms with van der Waals surface area (Å²) in [4.78, 5) is 0. The summed E-state index contributed by atoms with van der Waals surface area (Å²) in [6.45, 7) is 6.39. The Labute approximate surface area is 118 Å². The Kier molecular flexibility index (Phi) is 4.02. The highest BCUT2D eigenvalue weighted by atomic mass is 32.1. The van der Waals surface area contributed by atoms with E-state index in [-0.39, 0.29) is 5.75 Å². The van der Waals surface area contributed by atoms with Gasteiger partial charge in [0.1, 0.15) is 5.75 Å². The summed E-state index contributed by atoms with van der Waals surface area (Å²) in [5.74, 6) is 0.266. The highest BCUT2D eigenvalue weighted by Gasteiger charge is 2.05. The van der Waals surface area contributed by atoms with Crippen LogP contribution in [0.3, 0.4) is 0 Å². The van der Waals surface area contributed by atoms with Crippen molar-refractivity contribution in [1.82, 2.24) is 5.32 Å². The number of benzene rings is 2. The molecule has 0 amide bonds. The molecule has 3 N–H and O–H groups in total. The molecule has 0 aliphatic rings. The Morgan fingerprint density at radius 3 is 2.63 bits per heavy atom. The van der Waals surface area contributed by atoms with E-state index in [1.165, 1.54) is 0 Å². The number of fused-ring (bicyclic) bond motifs is 1. The largest absolute Gasteiger partial charge is 0.507 e. The van der Waals surface area contributed by atoms with Crippen molar-refractivity contribution in [3.8, 4) is 5.75 Å². The topological polar surface area (TPSA) is 44.3 Å². The molecule has 19 heavy (non-hydrogen) atoms. The first-order valence-corrected chi connectivity index (χ1v) is 6.38. The summed E-state index contributed by atoms with van der Waals surface area (Å²) in [7, 11) is 0. The van der Waals surface area contributed by atoms with Crippen LogP contribution in [-0.2, 0) is 0 Å². The first kappa shape index (κ1) is 13.4. The molecule has 0 saturated carbocycles. The van der Waals surface area contributed by atoms with Crippen molar-refractivity contribution >= 4 is 33.8 Å². The van der Waals surface area contributed by atoms with E-state index in [0.717, 1.165) is 22.0 Å². The van der Waals surface area contributed by atoms with Crippen LogP contribution < -0.4 is 10.6 Å². The van der Waals surface area contributed by atoms with E-state index in [1.807, 2.05) is 37.3 Å². The number of nitrogens with one attached hydrogen (secondary N) is 2. The highest BCUT2D eigenvalue weighted by Crippen LogP contribution is 2.29. The standard InChI is InChI=1S/C15H16N2OS/c1-10(2)9-16-15(19)17-13-7-3-6-12-11(13)5-4-8-14(12)18/h3-8,18H,1,9H2,2H3,(H2,16,17,19). The second-order valence-corrected chi connectivity index (χ2v) is 4.85. The zero-order chi connectivity index (χ0) is 13.8. The van der Waals surface area contributed by atoms with Gasteiger partial charge in [0.15, 0.2) is 5.11 Å². The molecule has 0 spiro atoms. The average molecular weight is 272 g/mol. The van der Waals surface area contributed by atoms with Crippen LogP contribution in [0.4, 0.5) is 5.69 Å². The van der Waals surface area contributed by atoms with Crippen LogP contribution >= 0.6 is 12.2 Å². The minimum Gasteiger partial charge on any atom is -0.507 e. The number of thiocarbonyl (C=S) groups is 1. The monoisotopic (exact) mass is 272 g/mol. The van der Waals surface area contributed by atoms with E-state index in [9.17, 15) is 5.11 Å². The van der Waals surface area contributed by atoms with E-state index in [0.29, 0.717) is 11.7 Å². The van der Waals surface area contributed by atoms with E-state index in [2.05, 4.69) is 17.2 Å². The van der Waals surface area contributed by atoms with Gasteiger partial charge in [0.05, 0.1) is 0 Å². The Bertz CT molecular complexity index is 637. The van der Waals surface area contributed by atoms with Crippen molar-refractivity contribution < 1.29 is 5.11 Å². The second kappa shape index (κ2) is 5.71. The Morgan fingerprint density at radius 2 is 1.89 bits per heavy atom. The summed E-state index contributed by atoms with van der Waals surface area (Å²) in [6, 6.07) is 11.1. The van der Waals surface area contributed by atoms with Crippen LogP contribution in [0.1, 0.15) is 6.92 Å². The van der Waals surface area contributed by atoms with Crippen LogP contribution in [0.5, 0.6) is 5.75 Å². The third-order valence-corrected chi connectivity index (χ3v) is 2.94. The lowest BCUT2D eigenvalue weighted by atomic mass is 10.1. The van der Waals surface area contributed by atoms with Gasteiger partial charge < -0.3 is 15.7 Å². The third kappa shape index (κ3) is 3.23. The maximum atomic E-state index is 9.82. The number of aromatic hydroxyl groups is 1. The maximum absolute atomic E-state index is 9.82. The van der Waals surface area contributed by atoms with Gasteiger partial charge in [-0.15, -0.1) is 0 Å². The molecule has 98 valence electrons. The van der Waals surface area contributed by atoms with Crippen LogP contribution in [0.25, 0.3) is 10.8 Å². The molecule has 0 heterocycles. The normalized spacial score (nSPS) is 10.2. The molecule has 0 atom stereocenters. The molecule has 2 rings (SSSR count). The molecule has 0 fully saturated rings. The average Bonchev–Trinajstić information content (AvgIpc) is 2.38. The van der Waals surface area contributed by atoms with Gasteiger partial charge in [-0.2, -0.15) is 0 Å². The van der Waals surface area contributed by atoms with Gasteiger partial charge in [-0.1, -0.05) is 36.4 Å². The lowest BCUT2D eigenvalue weighted by molar-refractivity contribution is 0.481. The fourth-order valence-electron chi connectivity index (χ4n) is 1.80. The minimum atomic E-state index is 0.266. The van der Waals surface area contributed by atoms with Gasteiger partial charge in [-0.3, -0.25) is 0 Å². The van der Waals surface area contributed by atoms with Gasteiger partial charge in [-0.05, 0) is 31.3 Å². The second-order valence-electron chi connectivity index (χ2n) is 4.44. The van der Waals surface area contributed by atoms with Crippen LogP contribution in [0.15, 0.2) is 48.6 Å². The molecule has 0 unspecified atom stereocenters. The number of anilines is 1. The zero-order valence-electron chi connectivity index (χ0n) is 10.7. The lowest BCUT2D eigenvalue weighted by Gasteiger charge is -2.13. The van der Waals surface area contributed by atoms with Gasteiger partial charge in [0.25, 0.3) is 0 Å². The molecule has 0 aliphatic heterocycles. The Balaban J connectivity index is 2.23. The predicted octanol–water partition coefficient (Wildman–Crippen LogP) is 3.41. The SMILES string of the molecule is C=C(C)CNC(=S)Nc1cccc2c(O)cccc12. The van der Waals surface area contributed by atoms with E-state index >= 15 is 0 Å². The molecule has 0 bridgehead atoms. The number of hydrogen-bond acceptors (Lipinski definition) is 2. The van der Waals surface area contributed by atoms with Crippen LogP contribution in [0.2, 0.25) is 0 Å². The van der Waals surface area contributed by atoms with Crippen LogP contribution in [-0.4, -0.2) is 16.8 Å². The fraction of sp³-hybridized carbons (Fsp3) is 0.133. The van der Waals surface area contributed by atoms with Gasteiger partial charge in [0.2, 0.25) is 0 Å². The summed E-state index contributed by atoms with van der Waals surface area (Å²) in [6.07, 6.45) is 0. The van der Waals surface area contributed by atoms with Crippen LogP contribution in [0, 0.1) is 0 Å². The zero-order valence-corrected chi connectivity index (χ0v) is 11.6. The molecular formula is C15H16N2OS. The van der Waals surface area contributed by atoms with Crippen molar-refractivity contribution in [3.05, 3.63) is 48.6 Å². The highest BCUT2D eigenvalue weighted by molar-refractivity contribution is 7.80. The number of rotatable bonds is 3. The number of hydrogen-bond donors (Lipinski definition) is 3. The maximum Gasteiger partial charge on any atom is 0.171 e. The first-order valence-electron chi connectivity index (χ1n) is 5.98. The molecule has 3 nitrogen and oxygen atoms in total. The predicted molar refractivity (Wildman–Crippen MR) is 84.7 cm³/mol. The Morgan fingerprint density at radius 1 is 1.21 bits per heavy atom. The van der Waals surface area contributed by atoms with Gasteiger partial charge in [0, 0.05) is 23.0 Å². The van der Waals surface area contributed by atoms with Crippen molar-refractivity contribution in [2.24, 2.45) is 0 Å².